The summed E-state index contributed by atoms with van der Waals surface area (Å²) in [6.45, 7) is 3.34. The molecule has 2 amide bonds. The van der Waals surface area contributed by atoms with Gasteiger partial charge < -0.3 is 15.7 Å². The van der Waals surface area contributed by atoms with Gasteiger partial charge in [-0.2, -0.15) is 0 Å². The van der Waals surface area contributed by atoms with Gasteiger partial charge in [-0.3, -0.25) is 19.3 Å². The molecule has 3 N–H and O–H groups in total. The fraction of sp³-hybridized carbons (Fsp3) is 0.286. The Balaban J connectivity index is 1.97. The lowest BCUT2D eigenvalue weighted by atomic mass is 10.1. The van der Waals surface area contributed by atoms with Gasteiger partial charge in [0.25, 0.3) is 0 Å². The number of rotatable bonds is 9. The van der Waals surface area contributed by atoms with E-state index in [-0.39, 0.29) is 31.4 Å². The summed E-state index contributed by atoms with van der Waals surface area (Å²) in [5.41, 5.74) is 2.75. The van der Waals surface area contributed by atoms with Crippen molar-refractivity contribution in [1.29, 1.82) is 0 Å². The molecule has 1 atom stereocenters. The number of nitrogens with one attached hydrogen (secondary N) is 2. The van der Waals surface area contributed by atoms with Crippen LogP contribution in [0.2, 0.25) is 0 Å². The largest absolute Gasteiger partial charge is 0.480 e. The summed E-state index contributed by atoms with van der Waals surface area (Å²) in [7, 11) is 0. The number of carbonyl (C=O) groups excluding carboxylic acids is 2. The SMILES string of the molecule is CC(=O)NCCN(CC(=O)Nc1ccc(-c2ccccc2)cc1)C(C)C(=O)O. The van der Waals surface area contributed by atoms with Gasteiger partial charge in [0.15, 0.2) is 0 Å². The van der Waals surface area contributed by atoms with Gasteiger partial charge in [0.05, 0.1) is 6.54 Å². The molecule has 0 aliphatic carbocycles. The lowest BCUT2D eigenvalue weighted by molar-refractivity contribution is -0.142. The first-order chi connectivity index (χ1) is 13.4. The monoisotopic (exact) mass is 383 g/mol. The lowest BCUT2D eigenvalue weighted by Gasteiger charge is -2.25. The van der Waals surface area contributed by atoms with Gasteiger partial charge in [-0.05, 0) is 30.2 Å². The number of carboxylic acids is 1. The maximum atomic E-state index is 12.4. The minimum Gasteiger partial charge on any atom is -0.480 e. The number of carboxylic acid groups (broad SMARTS) is 1. The molecule has 0 aromatic heterocycles. The quantitative estimate of drug-likeness (QED) is 0.617. The molecule has 2 rings (SSSR count). The van der Waals surface area contributed by atoms with Crippen LogP contribution in [0.15, 0.2) is 54.6 Å². The Bertz CT molecular complexity index is 806. The van der Waals surface area contributed by atoms with Crippen LogP contribution in [0.5, 0.6) is 0 Å². The second-order valence-electron chi connectivity index (χ2n) is 6.46. The minimum absolute atomic E-state index is 0.0898. The molecule has 0 bridgehead atoms. The summed E-state index contributed by atoms with van der Waals surface area (Å²) in [6, 6.07) is 16.5. The van der Waals surface area contributed by atoms with Gasteiger partial charge >= 0.3 is 5.97 Å². The van der Waals surface area contributed by atoms with Gasteiger partial charge in [0.2, 0.25) is 11.8 Å². The first-order valence-corrected chi connectivity index (χ1v) is 9.03. The van der Waals surface area contributed by atoms with Crippen molar-refractivity contribution >= 4 is 23.5 Å². The summed E-state index contributed by atoms with van der Waals surface area (Å²) >= 11 is 0. The van der Waals surface area contributed by atoms with E-state index in [1.165, 1.54) is 18.7 Å². The summed E-state index contributed by atoms with van der Waals surface area (Å²) in [5.74, 6) is -1.54. The van der Waals surface area contributed by atoms with Crippen LogP contribution in [-0.2, 0) is 14.4 Å². The third-order valence-corrected chi connectivity index (χ3v) is 4.30. The van der Waals surface area contributed by atoms with E-state index in [4.69, 9.17) is 0 Å². The van der Waals surface area contributed by atoms with Crippen LogP contribution in [0, 0.1) is 0 Å². The minimum atomic E-state index is -1.03. The topological polar surface area (TPSA) is 98.7 Å². The molecule has 0 heterocycles. The number of amides is 2. The molecule has 0 radical (unpaired) electrons. The van der Waals surface area contributed by atoms with Gasteiger partial charge in [-0.1, -0.05) is 42.5 Å². The van der Waals surface area contributed by atoms with E-state index in [1.54, 1.807) is 0 Å². The van der Waals surface area contributed by atoms with Crippen LogP contribution in [-0.4, -0.2) is 53.5 Å². The van der Waals surface area contributed by atoms with Crippen molar-refractivity contribution < 1.29 is 19.5 Å². The highest BCUT2D eigenvalue weighted by Crippen LogP contribution is 2.21. The molecule has 28 heavy (non-hydrogen) atoms. The van der Waals surface area contributed by atoms with E-state index in [1.807, 2.05) is 54.6 Å². The van der Waals surface area contributed by atoms with Gasteiger partial charge in [-0.25, -0.2) is 0 Å². The van der Waals surface area contributed by atoms with E-state index in [0.29, 0.717) is 5.69 Å². The third kappa shape index (κ3) is 6.51. The molecule has 2 aromatic rings. The van der Waals surface area contributed by atoms with E-state index < -0.39 is 12.0 Å². The smallest absolute Gasteiger partial charge is 0.320 e. The van der Waals surface area contributed by atoms with Crippen molar-refractivity contribution in [2.45, 2.75) is 19.9 Å². The number of nitrogens with zero attached hydrogens (tertiary/aromatic N) is 1. The van der Waals surface area contributed by atoms with Gasteiger partial charge in [0, 0.05) is 25.7 Å². The molecule has 1 unspecified atom stereocenters. The second-order valence-corrected chi connectivity index (χ2v) is 6.46. The number of carbonyl (C=O) groups is 3. The van der Waals surface area contributed by atoms with E-state index in [2.05, 4.69) is 10.6 Å². The van der Waals surface area contributed by atoms with Crippen LogP contribution in [0.1, 0.15) is 13.8 Å². The van der Waals surface area contributed by atoms with Crippen LogP contribution >= 0.6 is 0 Å². The molecule has 0 spiro atoms. The number of aliphatic carboxylic acids is 1. The highest BCUT2D eigenvalue weighted by Gasteiger charge is 2.22. The van der Waals surface area contributed by atoms with Crippen molar-refractivity contribution in [1.82, 2.24) is 10.2 Å². The van der Waals surface area contributed by atoms with Crippen molar-refractivity contribution in [2.24, 2.45) is 0 Å². The Morgan fingerprint density at radius 3 is 2.18 bits per heavy atom. The summed E-state index contributed by atoms with van der Waals surface area (Å²) < 4.78 is 0. The Morgan fingerprint density at radius 2 is 1.61 bits per heavy atom. The maximum absolute atomic E-state index is 12.4. The Kier molecular flexibility index (Phi) is 7.71. The van der Waals surface area contributed by atoms with Crippen LogP contribution in [0.3, 0.4) is 0 Å². The van der Waals surface area contributed by atoms with Gasteiger partial charge in [0.1, 0.15) is 6.04 Å². The van der Waals surface area contributed by atoms with Crippen molar-refractivity contribution in [3.8, 4) is 11.1 Å². The predicted molar refractivity (Wildman–Crippen MR) is 108 cm³/mol. The van der Waals surface area contributed by atoms with Crippen LogP contribution in [0.4, 0.5) is 5.69 Å². The number of anilines is 1. The van der Waals surface area contributed by atoms with Crippen molar-refractivity contribution in [3.05, 3.63) is 54.6 Å². The average molecular weight is 383 g/mol. The Hall–Kier alpha value is -3.19. The Morgan fingerprint density at radius 1 is 1.00 bits per heavy atom. The van der Waals surface area contributed by atoms with Crippen molar-refractivity contribution in [3.63, 3.8) is 0 Å². The fourth-order valence-corrected chi connectivity index (χ4v) is 2.70. The van der Waals surface area contributed by atoms with Crippen LogP contribution in [0.25, 0.3) is 11.1 Å². The van der Waals surface area contributed by atoms with Crippen LogP contribution < -0.4 is 10.6 Å². The highest BCUT2D eigenvalue weighted by molar-refractivity contribution is 5.93. The van der Waals surface area contributed by atoms with Crippen molar-refractivity contribution in [2.75, 3.05) is 25.0 Å². The van der Waals surface area contributed by atoms with E-state index in [9.17, 15) is 19.5 Å². The van der Waals surface area contributed by atoms with E-state index >= 15 is 0 Å². The molecule has 7 nitrogen and oxygen atoms in total. The first kappa shape index (κ1) is 21.1. The summed E-state index contributed by atoms with van der Waals surface area (Å²) in [6.07, 6.45) is 0. The molecular weight excluding hydrogens is 358 g/mol. The van der Waals surface area contributed by atoms with Gasteiger partial charge in [-0.15, -0.1) is 0 Å². The fourth-order valence-electron chi connectivity index (χ4n) is 2.70. The number of hydrogen-bond donors (Lipinski definition) is 3. The second kappa shape index (κ2) is 10.2. The molecule has 0 fully saturated rings. The zero-order chi connectivity index (χ0) is 20.5. The molecule has 0 saturated heterocycles. The normalized spacial score (nSPS) is 11.7. The molecule has 0 aliphatic rings. The Labute approximate surface area is 164 Å². The third-order valence-electron chi connectivity index (χ3n) is 4.30. The summed E-state index contributed by atoms with van der Waals surface area (Å²) in [4.78, 5) is 36.2. The molecule has 7 heteroatoms. The highest BCUT2D eigenvalue weighted by atomic mass is 16.4. The predicted octanol–water partition coefficient (Wildman–Crippen LogP) is 2.20. The molecule has 2 aromatic carbocycles. The molecule has 0 aliphatic heterocycles. The lowest BCUT2D eigenvalue weighted by Crippen LogP contribution is -2.46. The zero-order valence-corrected chi connectivity index (χ0v) is 16.0. The standard InChI is InChI=1S/C21H25N3O4/c1-15(21(27)28)24(13-12-22-16(2)25)14-20(26)23-19-10-8-18(9-11-19)17-6-4-3-5-7-17/h3-11,15H,12-14H2,1-2H3,(H,22,25)(H,23,26)(H,27,28). The van der Waals surface area contributed by atoms with E-state index in [0.717, 1.165) is 11.1 Å². The maximum Gasteiger partial charge on any atom is 0.320 e. The average Bonchev–Trinajstić information content (AvgIpc) is 2.67. The molecule has 0 saturated carbocycles. The first-order valence-electron chi connectivity index (χ1n) is 9.03. The number of benzene rings is 2. The zero-order valence-electron chi connectivity index (χ0n) is 16.0. The molecule has 148 valence electrons. The molecular formula is C21H25N3O4. The number of hydrogen-bond acceptors (Lipinski definition) is 4. The summed E-state index contributed by atoms with van der Waals surface area (Å²) in [5, 5.41) is 14.6.